The van der Waals surface area contributed by atoms with Gasteiger partial charge in [0.1, 0.15) is 0 Å². The third-order valence-corrected chi connectivity index (χ3v) is 8.44. The summed E-state index contributed by atoms with van der Waals surface area (Å²) in [6.45, 7) is 10.1. The van der Waals surface area contributed by atoms with E-state index >= 15 is 0 Å². The number of allylic oxidation sites excluding steroid dienone is 3. The lowest BCUT2D eigenvalue weighted by atomic mass is 9.95. The molecule has 2 nitrogen and oxygen atoms in total. The SMILES string of the molecule is C=Nc1c(/N=C\Cc2cccc(-c3cccc(-c4cccc(-c5cccc(C)c5)c4)c3)c2)c(C)c(C=C=C/C=C\C)c2ccccc12. The molecule has 6 aromatic rings. The van der Waals surface area contributed by atoms with Gasteiger partial charge in [0.15, 0.2) is 0 Å². The zero-order valence-electron chi connectivity index (χ0n) is 27.2. The van der Waals surface area contributed by atoms with E-state index < -0.39 is 0 Å². The standard InChI is InChI=1S/C45H38N2/c1-5-6-7-8-23-41-33(3)44(45(46-4)43-25-10-9-24-42(41)43)47-27-26-34-16-12-18-36(29-34)38-20-14-22-40(31-38)39-21-13-19-37(30-39)35-17-11-15-32(2)28-35/h5-7,9-25,27-31H,4,26H2,1-3H3/b6-5-,47-27-. The van der Waals surface area contributed by atoms with Gasteiger partial charge in [0.2, 0.25) is 0 Å². The van der Waals surface area contributed by atoms with Gasteiger partial charge in [-0.3, -0.25) is 9.98 Å². The lowest BCUT2D eigenvalue weighted by molar-refractivity contribution is 1.33. The number of benzene rings is 6. The first-order valence-electron chi connectivity index (χ1n) is 16.0. The van der Waals surface area contributed by atoms with Crippen LogP contribution in [0.5, 0.6) is 0 Å². The second kappa shape index (κ2) is 14.5. The Morgan fingerprint density at radius 2 is 1.21 bits per heavy atom. The fourth-order valence-corrected chi connectivity index (χ4v) is 6.05. The van der Waals surface area contributed by atoms with Gasteiger partial charge in [0.25, 0.3) is 0 Å². The number of rotatable bonds is 9. The highest BCUT2D eigenvalue weighted by molar-refractivity contribution is 6.05. The number of aryl methyl sites for hydroxylation is 1. The van der Waals surface area contributed by atoms with Crippen LogP contribution in [-0.4, -0.2) is 12.9 Å². The average molecular weight is 607 g/mol. The van der Waals surface area contributed by atoms with E-state index in [0.29, 0.717) is 6.42 Å². The number of fused-ring (bicyclic) bond motifs is 1. The molecule has 228 valence electrons. The lowest BCUT2D eigenvalue weighted by Gasteiger charge is -2.13. The van der Waals surface area contributed by atoms with Crippen LogP contribution in [0.2, 0.25) is 0 Å². The van der Waals surface area contributed by atoms with E-state index in [1.54, 1.807) is 0 Å². The maximum absolute atomic E-state index is 4.99. The molecule has 6 rings (SSSR count). The third kappa shape index (κ3) is 7.05. The van der Waals surface area contributed by atoms with E-state index in [0.717, 1.165) is 33.3 Å². The van der Waals surface area contributed by atoms with E-state index in [-0.39, 0.29) is 0 Å². The van der Waals surface area contributed by atoms with Crippen molar-refractivity contribution in [3.63, 3.8) is 0 Å². The summed E-state index contributed by atoms with van der Waals surface area (Å²) in [6, 6.07) is 43.3. The molecule has 0 aromatic heterocycles. The van der Waals surface area contributed by atoms with Crippen molar-refractivity contribution >= 4 is 41.2 Å². The molecule has 0 N–H and O–H groups in total. The molecule has 0 heterocycles. The van der Waals surface area contributed by atoms with Gasteiger partial charge in [0.05, 0.1) is 11.4 Å². The summed E-state index contributed by atoms with van der Waals surface area (Å²) in [5.41, 5.74) is 16.8. The topological polar surface area (TPSA) is 24.7 Å². The van der Waals surface area contributed by atoms with Crippen LogP contribution in [0.25, 0.3) is 50.2 Å². The quantitative estimate of drug-likeness (QED) is 0.0888. The van der Waals surface area contributed by atoms with Gasteiger partial charge in [0, 0.05) is 18.0 Å². The Morgan fingerprint density at radius 3 is 1.83 bits per heavy atom. The summed E-state index contributed by atoms with van der Waals surface area (Å²) in [6.07, 6.45) is 10.6. The highest BCUT2D eigenvalue weighted by Crippen LogP contribution is 2.42. The molecule has 0 unspecified atom stereocenters. The van der Waals surface area contributed by atoms with Crippen molar-refractivity contribution in [2.24, 2.45) is 9.98 Å². The fourth-order valence-electron chi connectivity index (χ4n) is 6.05. The minimum absolute atomic E-state index is 0.696. The summed E-state index contributed by atoms with van der Waals surface area (Å²) in [5.74, 6) is 0. The van der Waals surface area contributed by atoms with Gasteiger partial charge in [-0.25, -0.2) is 0 Å². The molecule has 0 radical (unpaired) electrons. The lowest BCUT2D eigenvalue weighted by Crippen LogP contribution is -1.90. The molecule has 2 heteroatoms. The molecular formula is C45H38N2. The monoisotopic (exact) mass is 606 g/mol. The minimum Gasteiger partial charge on any atom is -0.262 e. The first-order valence-corrected chi connectivity index (χ1v) is 16.0. The molecule has 0 spiro atoms. The Bertz CT molecular complexity index is 2210. The van der Waals surface area contributed by atoms with E-state index in [2.05, 4.69) is 147 Å². The van der Waals surface area contributed by atoms with Crippen LogP contribution >= 0.6 is 0 Å². The number of aliphatic imine (C=N–C) groups is 2. The Labute approximate surface area is 278 Å². The van der Waals surface area contributed by atoms with Crippen LogP contribution in [0.15, 0.2) is 155 Å². The van der Waals surface area contributed by atoms with Crippen LogP contribution in [0.4, 0.5) is 11.4 Å². The van der Waals surface area contributed by atoms with Crippen molar-refractivity contribution in [2.45, 2.75) is 27.2 Å². The molecule has 0 aliphatic heterocycles. The summed E-state index contributed by atoms with van der Waals surface area (Å²) >= 11 is 0. The molecule has 47 heavy (non-hydrogen) atoms. The van der Waals surface area contributed by atoms with Crippen molar-refractivity contribution < 1.29 is 0 Å². The van der Waals surface area contributed by atoms with Crippen molar-refractivity contribution in [3.05, 3.63) is 168 Å². The summed E-state index contributed by atoms with van der Waals surface area (Å²) < 4.78 is 0. The Hall–Kier alpha value is -5.82. The molecule has 6 aromatic carbocycles. The van der Waals surface area contributed by atoms with Gasteiger partial charge >= 0.3 is 0 Å². The van der Waals surface area contributed by atoms with Crippen LogP contribution in [0, 0.1) is 13.8 Å². The average Bonchev–Trinajstić information content (AvgIpc) is 3.11. The fraction of sp³-hybridized carbons (Fsp3) is 0.0889. The van der Waals surface area contributed by atoms with Crippen LogP contribution in [0.1, 0.15) is 29.2 Å². The molecule has 0 atom stereocenters. The van der Waals surface area contributed by atoms with Crippen molar-refractivity contribution in [2.75, 3.05) is 0 Å². The van der Waals surface area contributed by atoms with E-state index in [9.17, 15) is 0 Å². The second-order valence-electron chi connectivity index (χ2n) is 11.7. The predicted molar refractivity (Wildman–Crippen MR) is 205 cm³/mol. The smallest absolute Gasteiger partial charge is 0.0960 e. The van der Waals surface area contributed by atoms with Crippen molar-refractivity contribution in [1.82, 2.24) is 0 Å². The van der Waals surface area contributed by atoms with Gasteiger partial charge in [-0.05, 0) is 107 Å². The maximum atomic E-state index is 4.99. The number of hydrogen-bond donors (Lipinski definition) is 0. The van der Waals surface area contributed by atoms with Gasteiger partial charge < -0.3 is 0 Å². The van der Waals surface area contributed by atoms with Crippen LogP contribution in [-0.2, 0) is 6.42 Å². The summed E-state index contributed by atoms with van der Waals surface area (Å²) in [7, 11) is 0. The summed E-state index contributed by atoms with van der Waals surface area (Å²) in [4.78, 5) is 9.42. The highest BCUT2D eigenvalue weighted by Gasteiger charge is 2.14. The molecule has 0 saturated carbocycles. The third-order valence-electron chi connectivity index (χ3n) is 8.44. The predicted octanol–water partition coefficient (Wildman–Crippen LogP) is 12.5. The van der Waals surface area contributed by atoms with E-state index in [1.807, 2.05) is 43.5 Å². The second-order valence-corrected chi connectivity index (χ2v) is 11.7. The number of nitrogens with zero attached hydrogens (tertiary/aromatic N) is 2. The summed E-state index contributed by atoms with van der Waals surface area (Å²) in [5, 5.41) is 2.15. The first kappa shape index (κ1) is 31.2. The highest BCUT2D eigenvalue weighted by atomic mass is 14.8. The molecular weight excluding hydrogens is 569 g/mol. The maximum Gasteiger partial charge on any atom is 0.0960 e. The Morgan fingerprint density at radius 1 is 0.638 bits per heavy atom. The molecule has 0 amide bonds. The van der Waals surface area contributed by atoms with Gasteiger partial charge in [-0.1, -0.05) is 127 Å². The van der Waals surface area contributed by atoms with Crippen LogP contribution < -0.4 is 0 Å². The largest absolute Gasteiger partial charge is 0.262 e. The van der Waals surface area contributed by atoms with Crippen LogP contribution in [0.3, 0.4) is 0 Å². The Balaban J connectivity index is 1.28. The zero-order valence-corrected chi connectivity index (χ0v) is 27.2. The van der Waals surface area contributed by atoms with Crippen molar-refractivity contribution in [1.29, 1.82) is 0 Å². The first-order chi connectivity index (χ1) is 23.1. The molecule has 0 aliphatic carbocycles. The molecule has 0 bridgehead atoms. The number of hydrogen-bond acceptors (Lipinski definition) is 2. The normalized spacial score (nSPS) is 11.2. The Kier molecular flexibility index (Phi) is 9.63. The van der Waals surface area contributed by atoms with Crippen molar-refractivity contribution in [3.8, 4) is 33.4 Å². The molecule has 0 aliphatic rings. The minimum atomic E-state index is 0.696. The van der Waals surface area contributed by atoms with Gasteiger partial charge in [-0.15, -0.1) is 5.73 Å². The molecule has 0 saturated heterocycles. The zero-order chi connectivity index (χ0) is 32.6. The van der Waals surface area contributed by atoms with E-state index in [4.69, 9.17) is 4.99 Å². The van der Waals surface area contributed by atoms with Gasteiger partial charge in [-0.2, -0.15) is 0 Å². The molecule has 0 fully saturated rings. The van der Waals surface area contributed by atoms with E-state index in [1.165, 1.54) is 44.5 Å².